The molecular weight excluding hydrogens is 278 g/mol. The number of hydrogen-bond acceptors (Lipinski definition) is 3. The number of carbonyl (C=O) groups excluding carboxylic acids is 2. The lowest BCUT2D eigenvalue weighted by molar-refractivity contribution is -0.121. The van der Waals surface area contributed by atoms with E-state index in [0.29, 0.717) is 19.3 Å². The van der Waals surface area contributed by atoms with Crippen LogP contribution in [-0.4, -0.2) is 17.7 Å². The van der Waals surface area contributed by atoms with Crippen molar-refractivity contribution in [1.82, 2.24) is 5.32 Å². The molecule has 2 rings (SSSR count). The van der Waals surface area contributed by atoms with Crippen molar-refractivity contribution in [2.75, 3.05) is 0 Å². The van der Waals surface area contributed by atoms with Gasteiger partial charge in [0.05, 0.1) is 12.3 Å². The highest BCUT2D eigenvalue weighted by molar-refractivity contribution is 5.96. The Morgan fingerprint density at radius 3 is 2.55 bits per heavy atom. The Morgan fingerprint density at radius 2 is 1.91 bits per heavy atom. The standard InChI is InChI=1S/C18H21NO3/c1-2-7-15(19-18(21)17-10-6-13-22-17)16(20)12-11-14-8-4-3-5-9-14/h3-6,8-10,13,15H,2,7,11-12H2,1H3,(H,19,21)/t15-/m0/s1. The van der Waals surface area contributed by atoms with Gasteiger partial charge in [-0.3, -0.25) is 9.59 Å². The van der Waals surface area contributed by atoms with E-state index < -0.39 is 6.04 Å². The SMILES string of the molecule is CCC[C@H](NC(=O)c1ccco1)C(=O)CCc1ccccc1. The molecule has 0 saturated heterocycles. The predicted octanol–water partition coefficient (Wildman–Crippen LogP) is 3.38. The van der Waals surface area contributed by atoms with Crippen LogP contribution in [0.3, 0.4) is 0 Å². The summed E-state index contributed by atoms with van der Waals surface area (Å²) < 4.78 is 5.06. The zero-order chi connectivity index (χ0) is 15.8. The molecule has 1 N–H and O–H groups in total. The normalized spacial score (nSPS) is 11.9. The van der Waals surface area contributed by atoms with Crippen molar-refractivity contribution in [3.63, 3.8) is 0 Å². The lowest BCUT2D eigenvalue weighted by Gasteiger charge is -2.16. The molecule has 0 unspecified atom stereocenters. The Labute approximate surface area is 130 Å². The molecule has 0 radical (unpaired) electrons. The van der Waals surface area contributed by atoms with Crippen LogP contribution in [0.2, 0.25) is 0 Å². The Balaban J connectivity index is 1.92. The number of rotatable bonds is 8. The maximum atomic E-state index is 12.4. The molecule has 4 heteroatoms. The zero-order valence-corrected chi connectivity index (χ0v) is 12.7. The van der Waals surface area contributed by atoms with E-state index in [-0.39, 0.29) is 17.5 Å². The minimum absolute atomic E-state index is 0.0607. The van der Waals surface area contributed by atoms with Crippen LogP contribution in [0.15, 0.2) is 53.1 Å². The summed E-state index contributed by atoms with van der Waals surface area (Å²) in [5.74, 6) is -0.0425. The first-order chi connectivity index (χ1) is 10.7. The second-order valence-corrected chi connectivity index (χ2v) is 5.24. The van der Waals surface area contributed by atoms with E-state index in [4.69, 9.17) is 4.42 Å². The molecule has 0 bridgehead atoms. The molecule has 2 aromatic rings. The summed E-state index contributed by atoms with van der Waals surface area (Å²) in [5.41, 5.74) is 1.13. The molecule has 1 aromatic carbocycles. The van der Waals surface area contributed by atoms with Crippen molar-refractivity contribution < 1.29 is 14.0 Å². The van der Waals surface area contributed by atoms with Crippen molar-refractivity contribution in [3.05, 3.63) is 60.1 Å². The van der Waals surface area contributed by atoms with Crippen LogP contribution in [0.1, 0.15) is 42.3 Å². The van der Waals surface area contributed by atoms with E-state index in [1.807, 2.05) is 37.3 Å². The highest BCUT2D eigenvalue weighted by Gasteiger charge is 2.21. The molecule has 4 nitrogen and oxygen atoms in total. The summed E-state index contributed by atoms with van der Waals surface area (Å²) in [7, 11) is 0. The summed E-state index contributed by atoms with van der Waals surface area (Å²) in [6.45, 7) is 2.00. The fraction of sp³-hybridized carbons (Fsp3) is 0.333. The molecule has 0 aliphatic heterocycles. The van der Waals surface area contributed by atoms with Crippen molar-refractivity contribution in [3.8, 4) is 0 Å². The summed E-state index contributed by atoms with van der Waals surface area (Å²) in [4.78, 5) is 24.4. The fourth-order valence-electron chi connectivity index (χ4n) is 2.33. The molecule has 0 fully saturated rings. The Hall–Kier alpha value is -2.36. The lowest BCUT2D eigenvalue weighted by Crippen LogP contribution is -2.40. The second kappa shape index (κ2) is 8.17. The number of hydrogen-bond donors (Lipinski definition) is 1. The highest BCUT2D eigenvalue weighted by atomic mass is 16.3. The maximum absolute atomic E-state index is 12.4. The Morgan fingerprint density at radius 1 is 1.14 bits per heavy atom. The maximum Gasteiger partial charge on any atom is 0.287 e. The minimum Gasteiger partial charge on any atom is -0.459 e. The van der Waals surface area contributed by atoms with Gasteiger partial charge in [-0.25, -0.2) is 0 Å². The number of ketones is 1. The van der Waals surface area contributed by atoms with Crippen LogP contribution in [0.25, 0.3) is 0 Å². The van der Waals surface area contributed by atoms with Crippen molar-refractivity contribution >= 4 is 11.7 Å². The first kappa shape index (κ1) is 16.0. The van der Waals surface area contributed by atoms with Gasteiger partial charge in [-0.2, -0.15) is 0 Å². The molecule has 0 aliphatic rings. The van der Waals surface area contributed by atoms with Crippen LogP contribution in [0.4, 0.5) is 0 Å². The molecule has 0 aliphatic carbocycles. The van der Waals surface area contributed by atoms with Gasteiger partial charge < -0.3 is 9.73 Å². The lowest BCUT2D eigenvalue weighted by atomic mass is 10.0. The monoisotopic (exact) mass is 299 g/mol. The van der Waals surface area contributed by atoms with Crippen molar-refractivity contribution in [2.45, 2.75) is 38.6 Å². The second-order valence-electron chi connectivity index (χ2n) is 5.24. The van der Waals surface area contributed by atoms with Gasteiger partial charge >= 0.3 is 0 Å². The van der Waals surface area contributed by atoms with E-state index in [2.05, 4.69) is 5.32 Å². The van der Waals surface area contributed by atoms with Crippen LogP contribution >= 0.6 is 0 Å². The number of amides is 1. The van der Waals surface area contributed by atoms with Gasteiger partial charge in [-0.15, -0.1) is 0 Å². The molecule has 0 saturated carbocycles. The number of carbonyl (C=O) groups is 2. The summed E-state index contributed by atoms with van der Waals surface area (Å²) in [6, 6.07) is 12.7. The molecule has 22 heavy (non-hydrogen) atoms. The fourth-order valence-corrected chi connectivity index (χ4v) is 2.33. The van der Waals surface area contributed by atoms with Gasteiger partial charge in [0.2, 0.25) is 0 Å². The topological polar surface area (TPSA) is 59.3 Å². The third-order valence-corrected chi connectivity index (χ3v) is 3.52. The molecule has 1 aromatic heterocycles. The van der Waals surface area contributed by atoms with Gasteiger partial charge in [0.15, 0.2) is 11.5 Å². The van der Waals surface area contributed by atoms with Crippen LogP contribution in [-0.2, 0) is 11.2 Å². The van der Waals surface area contributed by atoms with Gasteiger partial charge in [-0.05, 0) is 30.5 Å². The molecular formula is C18H21NO3. The molecule has 116 valence electrons. The van der Waals surface area contributed by atoms with E-state index in [0.717, 1.165) is 12.0 Å². The smallest absolute Gasteiger partial charge is 0.287 e. The molecule has 1 atom stereocenters. The molecule has 1 amide bonds. The molecule has 0 spiro atoms. The summed E-state index contributed by atoms with van der Waals surface area (Å²) in [6.07, 6.45) is 4.03. The van der Waals surface area contributed by atoms with Crippen LogP contribution in [0.5, 0.6) is 0 Å². The Kier molecular flexibility index (Phi) is 5.95. The minimum atomic E-state index is -0.452. The highest BCUT2D eigenvalue weighted by Crippen LogP contribution is 2.09. The number of benzene rings is 1. The van der Waals surface area contributed by atoms with Gasteiger partial charge in [0.1, 0.15) is 0 Å². The van der Waals surface area contributed by atoms with E-state index in [9.17, 15) is 9.59 Å². The average Bonchev–Trinajstić information content (AvgIpc) is 3.07. The summed E-state index contributed by atoms with van der Waals surface area (Å²) in [5, 5.41) is 2.77. The first-order valence-corrected chi connectivity index (χ1v) is 7.61. The van der Waals surface area contributed by atoms with E-state index in [1.54, 1.807) is 12.1 Å². The third kappa shape index (κ3) is 4.58. The van der Waals surface area contributed by atoms with Gasteiger partial charge in [0, 0.05) is 6.42 Å². The summed E-state index contributed by atoms with van der Waals surface area (Å²) >= 11 is 0. The predicted molar refractivity (Wildman–Crippen MR) is 84.6 cm³/mol. The number of Topliss-reactive ketones (excluding diaryl/α,β-unsaturated/α-hetero) is 1. The van der Waals surface area contributed by atoms with Crippen molar-refractivity contribution in [2.24, 2.45) is 0 Å². The number of nitrogens with one attached hydrogen (secondary N) is 1. The van der Waals surface area contributed by atoms with E-state index >= 15 is 0 Å². The Bertz CT molecular complexity index is 590. The molecule has 1 heterocycles. The third-order valence-electron chi connectivity index (χ3n) is 3.52. The van der Waals surface area contributed by atoms with Crippen LogP contribution < -0.4 is 5.32 Å². The zero-order valence-electron chi connectivity index (χ0n) is 12.7. The average molecular weight is 299 g/mol. The largest absolute Gasteiger partial charge is 0.459 e. The van der Waals surface area contributed by atoms with Crippen molar-refractivity contribution in [1.29, 1.82) is 0 Å². The van der Waals surface area contributed by atoms with Crippen LogP contribution in [0, 0.1) is 0 Å². The first-order valence-electron chi connectivity index (χ1n) is 7.61. The number of furan rings is 1. The van der Waals surface area contributed by atoms with E-state index in [1.165, 1.54) is 6.26 Å². The van der Waals surface area contributed by atoms with Gasteiger partial charge in [0.25, 0.3) is 5.91 Å². The number of aryl methyl sites for hydroxylation is 1. The quantitative estimate of drug-likeness (QED) is 0.813. The van der Waals surface area contributed by atoms with Gasteiger partial charge in [-0.1, -0.05) is 43.7 Å².